The van der Waals surface area contributed by atoms with Gasteiger partial charge in [0.2, 0.25) is 5.91 Å². The zero-order valence-electron chi connectivity index (χ0n) is 11.7. The van der Waals surface area contributed by atoms with Crippen LogP contribution in [0.2, 0.25) is 0 Å². The van der Waals surface area contributed by atoms with Crippen molar-refractivity contribution in [3.8, 4) is 6.07 Å². The van der Waals surface area contributed by atoms with Gasteiger partial charge in [0.1, 0.15) is 5.92 Å². The summed E-state index contributed by atoms with van der Waals surface area (Å²) in [6, 6.07) is 6.19. The molecule has 0 heterocycles. The Bertz CT molecular complexity index is 535. The first-order valence-electron chi connectivity index (χ1n) is 6.26. The van der Waals surface area contributed by atoms with E-state index >= 15 is 0 Å². The lowest BCUT2D eigenvalue weighted by Gasteiger charge is -2.14. The van der Waals surface area contributed by atoms with E-state index in [-0.39, 0.29) is 5.69 Å². The molecule has 4 nitrogen and oxygen atoms in total. The molecule has 1 aromatic rings. The van der Waals surface area contributed by atoms with Crippen LogP contribution in [0.4, 0.5) is 18.9 Å². The molecule has 0 bridgehead atoms. The monoisotopic (exact) mass is 299 g/mol. The number of rotatable bonds is 5. The summed E-state index contributed by atoms with van der Waals surface area (Å²) in [5, 5.41) is 11.3. The van der Waals surface area contributed by atoms with Crippen LogP contribution in [0.5, 0.6) is 0 Å². The van der Waals surface area contributed by atoms with E-state index in [4.69, 9.17) is 5.26 Å². The Balaban J connectivity index is 2.76. The van der Waals surface area contributed by atoms with Crippen LogP contribution in [-0.2, 0) is 11.0 Å². The fourth-order valence-electron chi connectivity index (χ4n) is 1.64. The van der Waals surface area contributed by atoms with E-state index in [1.807, 2.05) is 11.0 Å². The SMILES string of the molecule is CN(C)CCC(C#N)C(=O)Nc1cccc(C(F)(F)F)c1. The summed E-state index contributed by atoms with van der Waals surface area (Å²) in [5.41, 5.74) is -0.818. The molecule has 0 spiro atoms. The van der Waals surface area contributed by atoms with Gasteiger partial charge in [-0.25, -0.2) is 0 Å². The minimum absolute atomic E-state index is 0.0277. The Morgan fingerprint density at radius 2 is 2.10 bits per heavy atom. The van der Waals surface area contributed by atoms with E-state index in [1.54, 1.807) is 14.1 Å². The summed E-state index contributed by atoms with van der Waals surface area (Å²) in [5.74, 6) is -1.50. The smallest absolute Gasteiger partial charge is 0.325 e. The molecule has 0 saturated heterocycles. The highest BCUT2D eigenvalue weighted by Gasteiger charge is 2.30. The van der Waals surface area contributed by atoms with Gasteiger partial charge in [-0.3, -0.25) is 4.79 Å². The Labute approximate surface area is 121 Å². The number of benzene rings is 1. The maximum Gasteiger partial charge on any atom is 0.416 e. The predicted molar refractivity (Wildman–Crippen MR) is 72.3 cm³/mol. The molecule has 1 unspecified atom stereocenters. The van der Waals surface area contributed by atoms with Crippen LogP contribution in [0.25, 0.3) is 0 Å². The van der Waals surface area contributed by atoms with Crippen LogP contribution in [0, 0.1) is 17.2 Å². The van der Waals surface area contributed by atoms with E-state index < -0.39 is 23.6 Å². The standard InChI is InChI=1S/C14H16F3N3O/c1-20(2)7-6-10(9-18)13(21)19-12-5-3-4-11(8-12)14(15,16)17/h3-5,8,10H,6-7H2,1-2H3,(H,19,21). The maximum atomic E-state index is 12.6. The van der Waals surface area contributed by atoms with E-state index in [1.165, 1.54) is 12.1 Å². The molecule has 1 amide bonds. The minimum Gasteiger partial charge on any atom is -0.325 e. The van der Waals surface area contributed by atoms with E-state index in [9.17, 15) is 18.0 Å². The number of carbonyl (C=O) groups excluding carboxylic acids is 1. The molecule has 0 saturated carbocycles. The lowest BCUT2D eigenvalue weighted by atomic mass is 10.1. The summed E-state index contributed by atoms with van der Waals surface area (Å²) in [7, 11) is 3.61. The summed E-state index contributed by atoms with van der Waals surface area (Å²) in [6.45, 7) is 0.536. The lowest BCUT2D eigenvalue weighted by Crippen LogP contribution is -2.25. The molecule has 0 radical (unpaired) electrons. The quantitative estimate of drug-likeness (QED) is 0.909. The Morgan fingerprint density at radius 3 is 2.62 bits per heavy atom. The molecule has 1 rings (SSSR count). The van der Waals surface area contributed by atoms with Crippen molar-refractivity contribution in [1.29, 1.82) is 5.26 Å². The molecule has 7 heteroatoms. The zero-order valence-corrected chi connectivity index (χ0v) is 11.7. The summed E-state index contributed by atoms with van der Waals surface area (Å²) in [4.78, 5) is 13.7. The first-order chi connectivity index (χ1) is 9.74. The fraction of sp³-hybridized carbons (Fsp3) is 0.429. The molecule has 114 valence electrons. The fourth-order valence-corrected chi connectivity index (χ4v) is 1.64. The van der Waals surface area contributed by atoms with Gasteiger partial charge in [0.05, 0.1) is 11.6 Å². The molecule has 0 fully saturated rings. The van der Waals surface area contributed by atoms with E-state index in [0.717, 1.165) is 12.1 Å². The van der Waals surface area contributed by atoms with Gasteiger partial charge >= 0.3 is 6.18 Å². The van der Waals surface area contributed by atoms with Crippen molar-refractivity contribution in [3.05, 3.63) is 29.8 Å². The van der Waals surface area contributed by atoms with Gasteiger partial charge in [-0.15, -0.1) is 0 Å². The number of nitrogens with zero attached hydrogens (tertiary/aromatic N) is 2. The van der Waals surface area contributed by atoms with Crippen molar-refractivity contribution < 1.29 is 18.0 Å². The number of halogens is 3. The van der Waals surface area contributed by atoms with Gasteiger partial charge in [-0.1, -0.05) is 6.07 Å². The second-order valence-electron chi connectivity index (χ2n) is 4.84. The molecule has 0 aromatic heterocycles. The zero-order chi connectivity index (χ0) is 16.0. The molecule has 1 atom stereocenters. The van der Waals surface area contributed by atoms with Crippen molar-refractivity contribution in [1.82, 2.24) is 4.90 Å². The second-order valence-corrected chi connectivity index (χ2v) is 4.84. The minimum atomic E-state index is -4.47. The average molecular weight is 299 g/mol. The Morgan fingerprint density at radius 1 is 1.43 bits per heavy atom. The summed E-state index contributed by atoms with van der Waals surface area (Å²) < 4.78 is 37.7. The number of carbonyl (C=O) groups is 1. The Kier molecular flexibility index (Phi) is 5.73. The number of hydrogen-bond acceptors (Lipinski definition) is 3. The molecule has 0 aliphatic rings. The van der Waals surface area contributed by atoms with Crippen molar-refractivity contribution in [2.45, 2.75) is 12.6 Å². The van der Waals surface area contributed by atoms with Gasteiger partial charge in [-0.05, 0) is 45.3 Å². The third-order valence-electron chi connectivity index (χ3n) is 2.79. The second kappa shape index (κ2) is 7.09. The van der Waals surface area contributed by atoms with Crippen molar-refractivity contribution in [2.24, 2.45) is 5.92 Å². The van der Waals surface area contributed by atoms with E-state index in [0.29, 0.717) is 13.0 Å². The van der Waals surface area contributed by atoms with Gasteiger partial charge < -0.3 is 10.2 Å². The summed E-state index contributed by atoms with van der Waals surface area (Å²) in [6.07, 6.45) is -4.16. The first-order valence-corrected chi connectivity index (χ1v) is 6.26. The summed E-state index contributed by atoms with van der Waals surface area (Å²) >= 11 is 0. The van der Waals surface area contributed by atoms with Crippen LogP contribution in [0.1, 0.15) is 12.0 Å². The third kappa shape index (κ3) is 5.44. The normalized spacial score (nSPS) is 12.8. The van der Waals surface area contributed by atoms with Crippen LogP contribution >= 0.6 is 0 Å². The molecule has 1 aromatic carbocycles. The maximum absolute atomic E-state index is 12.6. The number of alkyl halides is 3. The van der Waals surface area contributed by atoms with Crippen molar-refractivity contribution in [3.63, 3.8) is 0 Å². The van der Waals surface area contributed by atoms with Crippen LogP contribution in [0.15, 0.2) is 24.3 Å². The number of anilines is 1. The number of amides is 1. The molecular weight excluding hydrogens is 283 g/mol. The molecule has 21 heavy (non-hydrogen) atoms. The number of hydrogen-bond donors (Lipinski definition) is 1. The molecule has 0 aliphatic heterocycles. The van der Waals surface area contributed by atoms with Crippen LogP contribution in [0.3, 0.4) is 0 Å². The number of nitriles is 1. The highest BCUT2D eigenvalue weighted by Crippen LogP contribution is 2.30. The predicted octanol–water partition coefficient (Wildman–Crippen LogP) is 2.74. The highest BCUT2D eigenvalue weighted by atomic mass is 19.4. The van der Waals surface area contributed by atoms with Gasteiger partial charge in [-0.2, -0.15) is 18.4 Å². The number of nitrogens with one attached hydrogen (secondary N) is 1. The topological polar surface area (TPSA) is 56.1 Å². The van der Waals surface area contributed by atoms with Gasteiger partial charge in [0.25, 0.3) is 0 Å². The third-order valence-corrected chi connectivity index (χ3v) is 2.79. The first kappa shape index (κ1) is 17.0. The van der Waals surface area contributed by atoms with Gasteiger partial charge in [0, 0.05) is 5.69 Å². The van der Waals surface area contributed by atoms with Gasteiger partial charge in [0.15, 0.2) is 0 Å². The average Bonchev–Trinajstić information content (AvgIpc) is 2.38. The Hall–Kier alpha value is -2.07. The molecule has 0 aliphatic carbocycles. The van der Waals surface area contributed by atoms with Crippen molar-refractivity contribution in [2.75, 3.05) is 26.0 Å². The highest BCUT2D eigenvalue weighted by molar-refractivity contribution is 5.94. The van der Waals surface area contributed by atoms with Crippen LogP contribution < -0.4 is 5.32 Å². The molecular formula is C14H16F3N3O. The lowest BCUT2D eigenvalue weighted by molar-refractivity contribution is -0.137. The molecule has 1 N–H and O–H groups in total. The van der Waals surface area contributed by atoms with Crippen LogP contribution in [-0.4, -0.2) is 31.4 Å². The van der Waals surface area contributed by atoms with E-state index in [2.05, 4.69) is 5.32 Å². The largest absolute Gasteiger partial charge is 0.416 e. The van der Waals surface area contributed by atoms with Crippen molar-refractivity contribution >= 4 is 11.6 Å².